The number of anilines is 1. The van der Waals surface area contributed by atoms with Gasteiger partial charge in [0.05, 0.1) is 5.56 Å². The molecule has 2 aromatic carbocycles. The van der Waals surface area contributed by atoms with Crippen molar-refractivity contribution in [2.24, 2.45) is 0 Å². The summed E-state index contributed by atoms with van der Waals surface area (Å²) in [7, 11) is 0. The topological polar surface area (TPSA) is 55.1 Å². The largest absolute Gasteiger partial charge is 0.398 e. The number of halogens is 1. The van der Waals surface area contributed by atoms with E-state index in [-0.39, 0.29) is 11.3 Å². The van der Waals surface area contributed by atoms with Gasteiger partial charge in [0.15, 0.2) is 0 Å². The van der Waals surface area contributed by atoms with Gasteiger partial charge in [-0.3, -0.25) is 4.79 Å². The second-order valence-electron chi connectivity index (χ2n) is 5.66. The first kappa shape index (κ1) is 15.6. The number of hydrogen-bond donors (Lipinski definition) is 2. The van der Waals surface area contributed by atoms with E-state index < -0.39 is 0 Å². The van der Waals surface area contributed by atoms with E-state index in [0.717, 1.165) is 4.47 Å². The first-order valence-corrected chi connectivity index (χ1v) is 7.58. The van der Waals surface area contributed by atoms with Crippen LogP contribution in [0.4, 0.5) is 5.69 Å². The number of nitrogen functional groups attached to an aromatic ring is 1. The van der Waals surface area contributed by atoms with Crippen molar-refractivity contribution in [3.63, 3.8) is 0 Å². The van der Waals surface area contributed by atoms with Crippen LogP contribution in [-0.2, 0) is 5.41 Å². The van der Waals surface area contributed by atoms with Gasteiger partial charge in [0.1, 0.15) is 0 Å². The average molecular weight is 347 g/mol. The maximum atomic E-state index is 12.2. The summed E-state index contributed by atoms with van der Waals surface area (Å²) in [4.78, 5) is 12.2. The number of hydrogen-bond acceptors (Lipinski definition) is 2. The molecular formula is C17H19BrN2O. The van der Waals surface area contributed by atoms with Crippen LogP contribution in [0.15, 0.2) is 53.0 Å². The van der Waals surface area contributed by atoms with Crippen LogP contribution in [0.1, 0.15) is 29.8 Å². The van der Waals surface area contributed by atoms with Crippen molar-refractivity contribution in [1.82, 2.24) is 5.32 Å². The molecule has 110 valence electrons. The van der Waals surface area contributed by atoms with E-state index in [2.05, 4.69) is 47.2 Å². The lowest BCUT2D eigenvalue weighted by Gasteiger charge is -2.25. The number of nitrogens with one attached hydrogen (secondary N) is 1. The summed E-state index contributed by atoms with van der Waals surface area (Å²) in [5.41, 5.74) is 7.91. The zero-order chi connectivity index (χ0) is 15.5. The van der Waals surface area contributed by atoms with E-state index in [1.165, 1.54) is 5.56 Å². The van der Waals surface area contributed by atoms with Crippen LogP contribution >= 0.6 is 15.9 Å². The van der Waals surface area contributed by atoms with Crippen molar-refractivity contribution in [3.8, 4) is 0 Å². The van der Waals surface area contributed by atoms with Gasteiger partial charge in [0.2, 0.25) is 0 Å². The molecular weight excluding hydrogens is 328 g/mol. The summed E-state index contributed by atoms with van der Waals surface area (Å²) in [6.45, 7) is 4.76. The Bertz CT molecular complexity index is 638. The zero-order valence-electron chi connectivity index (χ0n) is 12.2. The van der Waals surface area contributed by atoms with E-state index in [9.17, 15) is 4.79 Å². The predicted octanol–water partition coefficient (Wildman–Crippen LogP) is 3.74. The summed E-state index contributed by atoms with van der Waals surface area (Å²) >= 11 is 3.34. The third-order valence-electron chi connectivity index (χ3n) is 3.50. The second kappa shape index (κ2) is 6.31. The van der Waals surface area contributed by atoms with Gasteiger partial charge >= 0.3 is 0 Å². The quantitative estimate of drug-likeness (QED) is 0.828. The van der Waals surface area contributed by atoms with Crippen molar-refractivity contribution in [2.45, 2.75) is 19.3 Å². The fourth-order valence-corrected chi connectivity index (χ4v) is 2.51. The van der Waals surface area contributed by atoms with E-state index >= 15 is 0 Å². The Labute approximate surface area is 133 Å². The van der Waals surface area contributed by atoms with Gasteiger partial charge in [0.25, 0.3) is 5.91 Å². The molecule has 0 fully saturated rings. The summed E-state index contributed by atoms with van der Waals surface area (Å²) in [5, 5.41) is 2.96. The molecule has 0 heterocycles. The molecule has 0 spiro atoms. The minimum atomic E-state index is -0.149. The number of benzene rings is 2. The monoisotopic (exact) mass is 346 g/mol. The van der Waals surface area contributed by atoms with Crippen LogP contribution < -0.4 is 11.1 Å². The fourth-order valence-electron chi connectivity index (χ4n) is 2.13. The first-order chi connectivity index (χ1) is 9.90. The highest BCUT2D eigenvalue weighted by Crippen LogP contribution is 2.23. The minimum absolute atomic E-state index is 0.138. The molecule has 0 saturated heterocycles. The van der Waals surface area contributed by atoms with Crippen LogP contribution in [0.25, 0.3) is 0 Å². The zero-order valence-corrected chi connectivity index (χ0v) is 13.8. The van der Waals surface area contributed by atoms with Crippen LogP contribution in [0.3, 0.4) is 0 Å². The normalized spacial score (nSPS) is 11.2. The Morgan fingerprint density at radius 1 is 1.19 bits per heavy atom. The first-order valence-electron chi connectivity index (χ1n) is 6.79. The molecule has 2 rings (SSSR count). The lowest BCUT2D eigenvalue weighted by atomic mass is 9.84. The highest BCUT2D eigenvalue weighted by atomic mass is 79.9. The highest BCUT2D eigenvalue weighted by Gasteiger charge is 2.21. The van der Waals surface area contributed by atoms with E-state index in [0.29, 0.717) is 17.8 Å². The molecule has 21 heavy (non-hydrogen) atoms. The molecule has 4 heteroatoms. The van der Waals surface area contributed by atoms with Gasteiger partial charge in [-0.2, -0.15) is 0 Å². The molecule has 3 N–H and O–H groups in total. The molecule has 0 unspecified atom stereocenters. The molecule has 0 bridgehead atoms. The Balaban J connectivity index is 2.07. The molecule has 0 aliphatic rings. The van der Waals surface area contributed by atoms with Gasteiger partial charge in [-0.05, 0) is 23.8 Å². The lowest BCUT2D eigenvalue weighted by Crippen LogP contribution is -2.36. The molecule has 1 amide bonds. The third kappa shape index (κ3) is 3.85. The smallest absolute Gasteiger partial charge is 0.253 e. The Kier molecular flexibility index (Phi) is 4.68. The second-order valence-corrected chi connectivity index (χ2v) is 6.58. The van der Waals surface area contributed by atoms with Crippen LogP contribution in [-0.4, -0.2) is 12.5 Å². The van der Waals surface area contributed by atoms with Crippen molar-refractivity contribution < 1.29 is 4.79 Å². The Hall–Kier alpha value is -1.81. The number of carbonyl (C=O) groups is 1. The summed E-state index contributed by atoms with van der Waals surface area (Å²) < 4.78 is 0.862. The molecule has 0 atom stereocenters. The molecule has 0 aliphatic heterocycles. The van der Waals surface area contributed by atoms with Crippen LogP contribution in [0.5, 0.6) is 0 Å². The Morgan fingerprint density at radius 3 is 2.48 bits per heavy atom. The maximum absolute atomic E-state index is 12.2. The Morgan fingerprint density at radius 2 is 1.86 bits per heavy atom. The fraction of sp³-hybridized carbons (Fsp3) is 0.235. The number of amides is 1. The van der Waals surface area contributed by atoms with Gasteiger partial charge < -0.3 is 11.1 Å². The maximum Gasteiger partial charge on any atom is 0.253 e. The van der Waals surface area contributed by atoms with Gasteiger partial charge in [-0.1, -0.05) is 60.1 Å². The van der Waals surface area contributed by atoms with Crippen molar-refractivity contribution >= 4 is 27.5 Å². The SMILES string of the molecule is CC(C)(CNC(=O)c1ccc(Br)cc1N)c1ccccc1. The van der Waals surface area contributed by atoms with E-state index in [1.807, 2.05) is 24.3 Å². The summed E-state index contributed by atoms with van der Waals surface area (Å²) in [6, 6.07) is 15.4. The number of carbonyl (C=O) groups excluding carboxylic acids is 1. The standard InChI is InChI=1S/C17H19BrN2O/c1-17(2,12-6-4-3-5-7-12)11-20-16(21)14-9-8-13(18)10-15(14)19/h3-10H,11,19H2,1-2H3,(H,20,21). The van der Waals surface area contributed by atoms with E-state index in [1.54, 1.807) is 12.1 Å². The van der Waals surface area contributed by atoms with Gasteiger partial charge in [-0.15, -0.1) is 0 Å². The molecule has 2 aromatic rings. The lowest BCUT2D eigenvalue weighted by molar-refractivity contribution is 0.0946. The molecule has 0 radical (unpaired) electrons. The van der Waals surface area contributed by atoms with E-state index in [4.69, 9.17) is 5.73 Å². The predicted molar refractivity (Wildman–Crippen MR) is 90.4 cm³/mol. The van der Waals surface area contributed by atoms with Gasteiger partial charge in [-0.25, -0.2) is 0 Å². The molecule has 0 aliphatic carbocycles. The number of rotatable bonds is 4. The molecule has 0 saturated carbocycles. The third-order valence-corrected chi connectivity index (χ3v) is 4.00. The van der Waals surface area contributed by atoms with Crippen molar-refractivity contribution in [1.29, 1.82) is 0 Å². The molecule has 3 nitrogen and oxygen atoms in total. The summed E-state index contributed by atoms with van der Waals surface area (Å²) in [6.07, 6.45) is 0. The highest BCUT2D eigenvalue weighted by molar-refractivity contribution is 9.10. The van der Waals surface area contributed by atoms with Crippen molar-refractivity contribution in [2.75, 3.05) is 12.3 Å². The molecule has 0 aromatic heterocycles. The minimum Gasteiger partial charge on any atom is -0.398 e. The average Bonchev–Trinajstić information content (AvgIpc) is 2.46. The van der Waals surface area contributed by atoms with Crippen LogP contribution in [0.2, 0.25) is 0 Å². The van der Waals surface area contributed by atoms with Crippen LogP contribution in [0, 0.1) is 0 Å². The summed E-state index contributed by atoms with van der Waals surface area (Å²) in [5.74, 6) is -0.149. The number of nitrogens with two attached hydrogens (primary N) is 1. The van der Waals surface area contributed by atoms with Crippen molar-refractivity contribution in [3.05, 3.63) is 64.1 Å². The van der Waals surface area contributed by atoms with Gasteiger partial charge in [0, 0.05) is 22.1 Å².